The Balaban J connectivity index is 3.45. The van der Waals surface area contributed by atoms with Crippen LogP contribution in [0.1, 0.15) is 348 Å². The molecule has 414 valence electrons. The lowest BCUT2D eigenvalue weighted by molar-refractivity contribution is -0.143. The molecule has 0 saturated carbocycles. The van der Waals surface area contributed by atoms with Crippen LogP contribution in [0.3, 0.4) is 0 Å². The van der Waals surface area contributed by atoms with Crippen molar-refractivity contribution >= 4 is 11.9 Å². The molecule has 0 spiro atoms. The maximum absolute atomic E-state index is 12.5. The normalized spacial score (nSPS) is 12.7. The number of amides is 1. The fourth-order valence-electron chi connectivity index (χ4n) is 9.85. The minimum absolute atomic E-state index is 0.00747. The predicted octanol–water partition coefficient (Wildman–Crippen LogP) is 19.8. The number of carbonyl (C=O) groups excluding carboxylic acids is 2. The molecule has 0 aromatic carbocycles. The van der Waals surface area contributed by atoms with Crippen molar-refractivity contribution in [1.82, 2.24) is 5.32 Å². The second-order valence-electron chi connectivity index (χ2n) is 21.7. The van der Waals surface area contributed by atoms with Gasteiger partial charge in [0.05, 0.1) is 25.4 Å². The number of aliphatic hydroxyl groups excluding tert-OH is 2. The molecule has 0 bridgehead atoms. The molecule has 0 aromatic rings. The van der Waals surface area contributed by atoms with E-state index in [-0.39, 0.29) is 18.5 Å². The van der Waals surface area contributed by atoms with Crippen LogP contribution in [-0.2, 0) is 14.3 Å². The van der Waals surface area contributed by atoms with Gasteiger partial charge in [-0.25, -0.2) is 0 Å². The van der Waals surface area contributed by atoms with Gasteiger partial charge in [-0.2, -0.15) is 0 Å². The zero-order chi connectivity index (χ0) is 50.7. The third kappa shape index (κ3) is 55.7. The number of hydrogen-bond acceptors (Lipinski definition) is 5. The van der Waals surface area contributed by atoms with E-state index in [4.69, 9.17) is 4.74 Å². The third-order valence-corrected chi connectivity index (χ3v) is 14.7. The molecule has 6 heteroatoms. The number of unbranched alkanes of at least 4 members (excludes halogenated alkanes) is 44. The highest BCUT2D eigenvalue weighted by Gasteiger charge is 2.20. The van der Waals surface area contributed by atoms with Crippen LogP contribution in [-0.4, -0.2) is 47.4 Å². The van der Waals surface area contributed by atoms with Crippen molar-refractivity contribution in [2.45, 2.75) is 360 Å². The van der Waals surface area contributed by atoms with Gasteiger partial charge in [-0.15, -0.1) is 0 Å². The van der Waals surface area contributed by atoms with Crippen molar-refractivity contribution in [2.24, 2.45) is 0 Å². The van der Waals surface area contributed by atoms with Gasteiger partial charge < -0.3 is 20.3 Å². The van der Waals surface area contributed by atoms with E-state index in [1.165, 1.54) is 257 Å². The Bertz CT molecular complexity index is 1090. The summed E-state index contributed by atoms with van der Waals surface area (Å²) >= 11 is 0. The van der Waals surface area contributed by atoms with E-state index in [2.05, 4.69) is 43.5 Å². The maximum atomic E-state index is 12.5. The van der Waals surface area contributed by atoms with Gasteiger partial charge in [0.1, 0.15) is 0 Å². The van der Waals surface area contributed by atoms with Crippen molar-refractivity contribution in [3.8, 4) is 0 Å². The average molecular weight is 987 g/mol. The second-order valence-corrected chi connectivity index (χ2v) is 21.7. The molecule has 1 amide bonds. The summed E-state index contributed by atoms with van der Waals surface area (Å²) in [5.41, 5.74) is 0. The Labute approximate surface area is 437 Å². The Morgan fingerprint density at radius 3 is 1.06 bits per heavy atom. The van der Waals surface area contributed by atoms with Gasteiger partial charge >= 0.3 is 5.97 Å². The van der Waals surface area contributed by atoms with Crippen LogP contribution in [0.15, 0.2) is 24.3 Å². The van der Waals surface area contributed by atoms with E-state index in [1.807, 2.05) is 0 Å². The summed E-state index contributed by atoms with van der Waals surface area (Å²) in [5, 5.41) is 23.4. The van der Waals surface area contributed by atoms with Crippen LogP contribution in [0, 0.1) is 0 Å². The number of rotatable bonds is 59. The molecule has 70 heavy (non-hydrogen) atoms. The minimum Gasteiger partial charge on any atom is -0.466 e. The first kappa shape index (κ1) is 68.3. The molecular formula is C64H123NO5. The van der Waals surface area contributed by atoms with E-state index in [0.717, 1.165) is 57.8 Å². The van der Waals surface area contributed by atoms with Crippen LogP contribution >= 0.6 is 0 Å². The van der Waals surface area contributed by atoms with Gasteiger partial charge in [-0.3, -0.25) is 9.59 Å². The first-order valence-electron chi connectivity index (χ1n) is 31.6. The lowest BCUT2D eigenvalue weighted by atomic mass is 10.0. The van der Waals surface area contributed by atoms with Crippen molar-refractivity contribution in [1.29, 1.82) is 0 Å². The van der Waals surface area contributed by atoms with Gasteiger partial charge in [0, 0.05) is 12.8 Å². The molecule has 0 heterocycles. The largest absolute Gasteiger partial charge is 0.466 e. The zero-order valence-electron chi connectivity index (χ0n) is 47.3. The first-order valence-corrected chi connectivity index (χ1v) is 31.6. The Kier molecular flexibility index (Phi) is 58.5. The Morgan fingerprint density at radius 2 is 0.686 bits per heavy atom. The summed E-state index contributed by atoms with van der Waals surface area (Å²) < 4.78 is 5.45. The molecule has 0 aliphatic carbocycles. The van der Waals surface area contributed by atoms with Crippen LogP contribution in [0.4, 0.5) is 0 Å². The number of aliphatic hydroxyl groups is 2. The molecule has 0 aliphatic rings. The van der Waals surface area contributed by atoms with Crippen LogP contribution in [0.2, 0.25) is 0 Å². The number of ether oxygens (including phenoxy) is 1. The molecule has 0 aromatic heterocycles. The molecule has 0 radical (unpaired) electrons. The maximum Gasteiger partial charge on any atom is 0.305 e. The van der Waals surface area contributed by atoms with Gasteiger partial charge in [0.2, 0.25) is 5.91 Å². The molecule has 0 saturated heterocycles. The Morgan fingerprint density at radius 1 is 0.386 bits per heavy atom. The quantitative estimate of drug-likeness (QED) is 0.0321. The van der Waals surface area contributed by atoms with Crippen molar-refractivity contribution in [3.05, 3.63) is 24.3 Å². The van der Waals surface area contributed by atoms with Gasteiger partial charge in [0.25, 0.3) is 0 Å². The molecular weight excluding hydrogens is 863 g/mol. The average Bonchev–Trinajstić information content (AvgIpc) is 3.36. The fraction of sp³-hybridized carbons (Fsp3) is 0.906. The van der Waals surface area contributed by atoms with Crippen molar-refractivity contribution < 1.29 is 24.5 Å². The van der Waals surface area contributed by atoms with Crippen molar-refractivity contribution in [2.75, 3.05) is 13.2 Å². The number of nitrogens with one attached hydrogen (secondary N) is 1. The minimum atomic E-state index is -0.674. The van der Waals surface area contributed by atoms with E-state index in [0.29, 0.717) is 25.9 Å². The lowest BCUT2D eigenvalue weighted by Gasteiger charge is -2.22. The number of allylic oxidation sites excluding steroid dienone is 4. The number of hydrogen-bond donors (Lipinski definition) is 3. The second kappa shape index (κ2) is 59.9. The van der Waals surface area contributed by atoms with Gasteiger partial charge in [-0.1, -0.05) is 289 Å². The molecule has 0 fully saturated rings. The highest BCUT2D eigenvalue weighted by molar-refractivity contribution is 5.76. The third-order valence-electron chi connectivity index (χ3n) is 14.7. The molecule has 6 nitrogen and oxygen atoms in total. The van der Waals surface area contributed by atoms with Gasteiger partial charge in [0.15, 0.2) is 0 Å². The number of carbonyl (C=O) groups is 2. The van der Waals surface area contributed by atoms with Crippen molar-refractivity contribution in [3.63, 3.8) is 0 Å². The summed E-state index contributed by atoms with van der Waals surface area (Å²) in [6, 6.07) is -0.553. The van der Waals surface area contributed by atoms with Crippen LogP contribution < -0.4 is 5.32 Å². The monoisotopic (exact) mass is 986 g/mol. The molecule has 3 N–H and O–H groups in total. The van der Waals surface area contributed by atoms with Gasteiger partial charge in [-0.05, 0) is 70.6 Å². The number of esters is 1. The first-order chi connectivity index (χ1) is 34.5. The highest BCUT2D eigenvalue weighted by Crippen LogP contribution is 2.18. The summed E-state index contributed by atoms with van der Waals surface area (Å²) in [4.78, 5) is 24.5. The Hall–Kier alpha value is -1.66. The van der Waals surface area contributed by atoms with E-state index >= 15 is 0 Å². The van der Waals surface area contributed by atoms with Crippen LogP contribution in [0.5, 0.6) is 0 Å². The predicted molar refractivity (Wildman–Crippen MR) is 306 cm³/mol. The fourth-order valence-corrected chi connectivity index (χ4v) is 9.85. The lowest BCUT2D eigenvalue weighted by Crippen LogP contribution is -2.45. The topological polar surface area (TPSA) is 95.9 Å². The van der Waals surface area contributed by atoms with E-state index < -0.39 is 12.1 Å². The highest BCUT2D eigenvalue weighted by atomic mass is 16.5. The molecule has 0 rings (SSSR count). The zero-order valence-corrected chi connectivity index (χ0v) is 47.3. The van der Waals surface area contributed by atoms with E-state index in [9.17, 15) is 19.8 Å². The van der Waals surface area contributed by atoms with Crippen LogP contribution in [0.25, 0.3) is 0 Å². The summed E-state index contributed by atoms with van der Waals surface area (Å²) in [6.07, 6.45) is 73.3. The molecule has 2 atom stereocenters. The summed E-state index contributed by atoms with van der Waals surface area (Å²) in [5.74, 6) is -0.0533. The SMILES string of the molecule is CCCC/C=C\CCCCCCCC(=O)OCCCCCCCCCCC/C=C\CCCCCCCC(=O)NC(CO)C(O)CCCCCCCCCCCCCCCCCCCCCCCCCC. The summed E-state index contributed by atoms with van der Waals surface area (Å²) in [6.45, 7) is 4.92. The van der Waals surface area contributed by atoms with E-state index in [1.54, 1.807) is 0 Å². The molecule has 0 aliphatic heterocycles. The standard InChI is InChI=1S/C64H123NO5/c1-3-5-7-9-11-13-15-16-17-18-19-20-21-22-23-24-27-30-33-37-40-44-48-52-56-62(67)61(60-66)65-63(68)57-53-49-45-41-38-34-31-28-25-26-29-32-35-39-43-47-51-55-59-70-64(69)58-54-50-46-42-36-14-12-10-8-6-4-2/h10,12,28,31,61-62,66-67H,3-9,11,13-27,29-30,32-60H2,1-2H3,(H,65,68)/b12-10-,31-28-. The smallest absolute Gasteiger partial charge is 0.305 e. The summed E-state index contributed by atoms with van der Waals surface area (Å²) in [7, 11) is 0. The molecule has 2 unspecified atom stereocenters.